The van der Waals surface area contributed by atoms with Crippen molar-refractivity contribution in [2.24, 2.45) is 5.14 Å². The summed E-state index contributed by atoms with van der Waals surface area (Å²) in [4.78, 5) is 26.0. The van der Waals surface area contributed by atoms with E-state index >= 15 is 0 Å². The number of primary sulfonamides is 1. The lowest BCUT2D eigenvalue weighted by atomic mass is 10.2. The van der Waals surface area contributed by atoms with Gasteiger partial charge >= 0.3 is 0 Å². The van der Waals surface area contributed by atoms with Gasteiger partial charge in [-0.15, -0.1) is 0 Å². The van der Waals surface area contributed by atoms with E-state index in [2.05, 4.69) is 31.1 Å². The first-order valence-corrected chi connectivity index (χ1v) is 11.7. The molecule has 170 valence electrons. The van der Waals surface area contributed by atoms with Crippen LogP contribution in [0.25, 0.3) is 11.0 Å². The van der Waals surface area contributed by atoms with Crippen LogP contribution < -0.4 is 21.3 Å². The SMILES string of the molecule is CNN(NC)C(=O)c1cc2cnc(Nc3ccc(S(N)(=O)=O)cn3)nc2n1C1CCCC1. The maximum Gasteiger partial charge on any atom is 0.299 e. The first kappa shape index (κ1) is 22.1. The number of hydrazine groups is 2. The van der Waals surface area contributed by atoms with Crippen LogP contribution in [0, 0.1) is 0 Å². The first-order chi connectivity index (χ1) is 15.3. The van der Waals surface area contributed by atoms with Gasteiger partial charge in [0.05, 0.1) is 0 Å². The molecule has 3 heterocycles. The highest BCUT2D eigenvalue weighted by atomic mass is 32.2. The zero-order valence-electron chi connectivity index (χ0n) is 17.7. The molecule has 0 aromatic carbocycles. The van der Waals surface area contributed by atoms with E-state index in [0.29, 0.717) is 17.2 Å². The Kier molecular flexibility index (Phi) is 6.06. The van der Waals surface area contributed by atoms with Gasteiger partial charge in [0.2, 0.25) is 16.0 Å². The molecule has 32 heavy (non-hydrogen) atoms. The summed E-state index contributed by atoms with van der Waals surface area (Å²) in [5.74, 6) is 0.419. The molecular weight excluding hydrogens is 434 g/mol. The number of nitrogens with zero attached hydrogens (tertiary/aromatic N) is 5. The van der Waals surface area contributed by atoms with E-state index in [4.69, 9.17) is 5.14 Å². The van der Waals surface area contributed by atoms with Crippen molar-refractivity contribution in [1.29, 1.82) is 0 Å². The van der Waals surface area contributed by atoms with Crippen LogP contribution in [-0.2, 0) is 10.0 Å². The molecule has 3 aromatic heterocycles. The molecule has 1 aliphatic carbocycles. The molecule has 13 heteroatoms. The van der Waals surface area contributed by atoms with Gasteiger partial charge in [-0.3, -0.25) is 4.79 Å². The van der Waals surface area contributed by atoms with Crippen molar-refractivity contribution >= 4 is 38.7 Å². The molecule has 3 aromatic rings. The highest BCUT2D eigenvalue weighted by Crippen LogP contribution is 2.34. The van der Waals surface area contributed by atoms with Gasteiger partial charge in [0.1, 0.15) is 22.1 Å². The summed E-state index contributed by atoms with van der Waals surface area (Å²) in [7, 11) is -0.505. The Bertz CT molecular complexity index is 1230. The Morgan fingerprint density at radius 2 is 1.88 bits per heavy atom. The third-order valence-corrected chi connectivity index (χ3v) is 6.34. The van der Waals surface area contributed by atoms with Crippen LogP contribution in [0.5, 0.6) is 0 Å². The number of carbonyl (C=O) groups is 1. The third kappa shape index (κ3) is 4.27. The minimum absolute atomic E-state index is 0.0868. The van der Waals surface area contributed by atoms with Gasteiger partial charge in [0, 0.05) is 37.9 Å². The minimum atomic E-state index is -3.82. The molecule has 0 radical (unpaired) electrons. The van der Waals surface area contributed by atoms with Crippen LogP contribution in [-0.4, -0.2) is 53.1 Å². The van der Waals surface area contributed by atoms with Gasteiger partial charge in [-0.1, -0.05) is 12.8 Å². The summed E-state index contributed by atoms with van der Waals surface area (Å²) in [6.07, 6.45) is 6.93. The number of rotatable bonds is 7. The standard InChI is InChI=1S/C19H25N9O3S/c1-21-28(22-2)18(29)15-9-12-10-24-19(26-17(12)27(15)13-5-3-4-6-13)25-16-8-7-14(11-23-16)32(20,30)31/h7-11,13,21-22H,3-6H2,1-2H3,(H2,20,30,31)(H,23,24,25,26). The second-order valence-electron chi connectivity index (χ2n) is 7.45. The Morgan fingerprint density at radius 3 is 2.47 bits per heavy atom. The molecule has 0 aliphatic heterocycles. The molecule has 1 aliphatic rings. The third-order valence-electron chi connectivity index (χ3n) is 5.44. The van der Waals surface area contributed by atoms with Crippen LogP contribution in [0.2, 0.25) is 0 Å². The van der Waals surface area contributed by atoms with Gasteiger partial charge in [-0.2, -0.15) is 4.98 Å². The second kappa shape index (κ2) is 8.78. The quantitative estimate of drug-likeness (QED) is 0.378. The van der Waals surface area contributed by atoms with Crippen molar-refractivity contribution in [3.05, 3.63) is 36.3 Å². The summed E-state index contributed by atoms with van der Waals surface area (Å²) in [5.41, 5.74) is 6.80. The monoisotopic (exact) mass is 459 g/mol. The minimum Gasteiger partial charge on any atom is -0.318 e. The van der Waals surface area contributed by atoms with Gasteiger partial charge in [-0.05, 0) is 31.0 Å². The van der Waals surface area contributed by atoms with Crippen molar-refractivity contribution in [1.82, 2.24) is 35.5 Å². The fourth-order valence-electron chi connectivity index (χ4n) is 3.93. The van der Waals surface area contributed by atoms with Crippen LogP contribution in [0.15, 0.2) is 35.5 Å². The summed E-state index contributed by atoms with van der Waals surface area (Å²) in [5, 5.41) is 10.1. The molecule has 1 saturated carbocycles. The molecule has 12 nitrogen and oxygen atoms in total. The zero-order valence-corrected chi connectivity index (χ0v) is 18.6. The van der Waals surface area contributed by atoms with E-state index < -0.39 is 10.0 Å². The molecule has 1 fully saturated rings. The zero-order chi connectivity index (χ0) is 22.9. The molecule has 0 unspecified atom stereocenters. The van der Waals surface area contributed by atoms with E-state index in [1.54, 1.807) is 26.4 Å². The first-order valence-electron chi connectivity index (χ1n) is 10.1. The summed E-state index contributed by atoms with van der Waals surface area (Å²) in [6, 6.07) is 4.79. The highest BCUT2D eigenvalue weighted by Gasteiger charge is 2.27. The second-order valence-corrected chi connectivity index (χ2v) is 9.01. The number of pyridine rings is 1. The largest absolute Gasteiger partial charge is 0.318 e. The Morgan fingerprint density at radius 1 is 1.16 bits per heavy atom. The number of carbonyl (C=O) groups excluding carboxylic acids is 1. The summed E-state index contributed by atoms with van der Waals surface area (Å²) < 4.78 is 24.8. The Hall–Kier alpha value is -3.13. The number of nitrogens with one attached hydrogen (secondary N) is 3. The molecule has 1 amide bonds. The number of amides is 1. The lowest BCUT2D eigenvalue weighted by molar-refractivity contribution is 0.0564. The fourth-order valence-corrected chi connectivity index (χ4v) is 4.39. The number of aromatic nitrogens is 4. The maximum atomic E-state index is 13.1. The van der Waals surface area contributed by atoms with Crippen molar-refractivity contribution in [3.8, 4) is 0 Å². The molecule has 0 atom stereocenters. The predicted molar refractivity (Wildman–Crippen MR) is 118 cm³/mol. The van der Waals surface area contributed by atoms with Crippen LogP contribution in [0.1, 0.15) is 42.2 Å². The van der Waals surface area contributed by atoms with E-state index in [-0.39, 0.29) is 22.8 Å². The predicted octanol–water partition coefficient (Wildman–Crippen LogP) is 1.04. The molecular formula is C19H25N9O3S. The average molecular weight is 460 g/mol. The van der Waals surface area contributed by atoms with E-state index in [1.165, 1.54) is 17.3 Å². The molecule has 5 N–H and O–H groups in total. The van der Waals surface area contributed by atoms with Crippen LogP contribution in [0.3, 0.4) is 0 Å². The van der Waals surface area contributed by atoms with Gasteiger partial charge in [0.25, 0.3) is 5.91 Å². The molecule has 0 saturated heterocycles. The van der Waals surface area contributed by atoms with E-state index in [1.807, 2.05) is 4.57 Å². The topological polar surface area (TPSA) is 160 Å². The highest BCUT2D eigenvalue weighted by molar-refractivity contribution is 7.89. The number of hydrogen-bond donors (Lipinski definition) is 4. The summed E-state index contributed by atoms with van der Waals surface area (Å²) in [6.45, 7) is 0. The van der Waals surface area contributed by atoms with Crippen molar-refractivity contribution in [2.45, 2.75) is 36.6 Å². The van der Waals surface area contributed by atoms with Crippen molar-refractivity contribution in [3.63, 3.8) is 0 Å². The number of hydrogen-bond acceptors (Lipinski definition) is 9. The van der Waals surface area contributed by atoms with Crippen molar-refractivity contribution in [2.75, 3.05) is 19.4 Å². The van der Waals surface area contributed by atoms with Crippen LogP contribution in [0.4, 0.5) is 11.8 Å². The lowest BCUT2D eigenvalue weighted by Crippen LogP contribution is -2.49. The normalized spacial score (nSPS) is 14.7. The van der Waals surface area contributed by atoms with Crippen molar-refractivity contribution < 1.29 is 13.2 Å². The Labute approximate surface area is 185 Å². The van der Waals surface area contributed by atoms with E-state index in [9.17, 15) is 13.2 Å². The molecule has 0 spiro atoms. The number of sulfonamides is 1. The van der Waals surface area contributed by atoms with Gasteiger partial charge in [0.15, 0.2) is 0 Å². The van der Waals surface area contributed by atoms with E-state index in [0.717, 1.165) is 37.3 Å². The Balaban J connectivity index is 1.72. The summed E-state index contributed by atoms with van der Waals surface area (Å²) >= 11 is 0. The average Bonchev–Trinajstić information content (AvgIpc) is 3.41. The number of anilines is 2. The van der Waals surface area contributed by atoms with Gasteiger partial charge in [-0.25, -0.2) is 39.5 Å². The maximum absolute atomic E-state index is 13.1. The smallest absolute Gasteiger partial charge is 0.299 e. The molecule has 4 rings (SSSR count). The fraction of sp³-hybridized carbons (Fsp3) is 0.368. The lowest BCUT2D eigenvalue weighted by Gasteiger charge is -2.22. The van der Waals surface area contributed by atoms with Crippen LogP contribution >= 0.6 is 0 Å². The number of fused-ring (bicyclic) bond motifs is 1. The molecule has 0 bridgehead atoms. The number of nitrogens with two attached hydrogens (primary N) is 1. The van der Waals surface area contributed by atoms with Gasteiger partial charge < -0.3 is 9.88 Å².